The Hall–Kier alpha value is -1.16. The number of nitrogen functional groups attached to an aromatic ring is 1. The van der Waals surface area contributed by atoms with Gasteiger partial charge in [-0.25, -0.2) is 9.97 Å². The fourth-order valence-electron chi connectivity index (χ4n) is 1.74. The molecule has 1 aromatic heterocycles. The van der Waals surface area contributed by atoms with Gasteiger partial charge in [0.25, 0.3) is 0 Å². The third kappa shape index (κ3) is 3.67. The van der Waals surface area contributed by atoms with Gasteiger partial charge in [-0.05, 0) is 12.8 Å². The highest BCUT2D eigenvalue weighted by molar-refractivity contribution is 5.33. The van der Waals surface area contributed by atoms with Crippen molar-refractivity contribution in [1.82, 2.24) is 9.97 Å². The Labute approximate surface area is 110 Å². The molecule has 2 N–H and O–H groups in total. The molecular formula is C14H25N3O. The first-order valence-corrected chi connectivity index (χ1v) is 6.52. The molecule has 1 atom stereocenters. The largest absolute Gasteiger partial charge is 0.384 e. The van der Waals surface area contributed by atoms with Crippen molar-refractivity contribution in [3.8, 4) is 0 Å². The molecule has 0 saturated heterocycles. The summed E-state index contributed by atoms with van der Waals surface area (Å²) in [6.07, 6.45) is -0.0976. The summed E-state index contributed by atoms with van der Waals surface area (Å²) < 4.78 is 5.73. The quantitative estimate of drug-likeness (QED) is 0.893. The number of aromatic nitrogens is 2. The van der Waals surface area contributed by atoms with Crippen molar-refractivity contribution in [2.75, 3.05) is 12.3 Å². The smallest absolute Gasteiger partial charge is 0.160 e. The van der Waals surface area contributed by atoms with Crippen molar-refractivity contribution in [2.45, 2.75) is 53.1 Å². The summed E-state index contributed by atoms with van der Waals surface area (Å²) in [5, 5.41) is 0. The van der Waals surface area contributed by atoms with Gasteiger partial charge in [0, 0.05) is 18.1 Å². The van der Waals surface area contributed by atoms with E-state index in [2.05, 4.69) is 44.6 Å². The van der Waals surface area contributed by atoms with E-state index in [-0.39, 0.29) is 11.5 Å². The Morgan fingerprint density at radius 1 is 1.28 bits per heavy atom. The molecule has 1 heterocycles. The summed E-state index contributed by atoms with van der Waals surface area (Å²) in [5.41, 5.74) is 6.80. The first-order chi connectivity index (χ1) is 8.25. The summed E-state index contributed by atoms with van der Waals surface area (Å²) >= 11 is 0. The van der Waals surface area contributed by atoms with Gasteiger partial charge in [-0.2, -0.15) is 0 Å². The molecule has 0 saturated carbocycles. The number of nitrogens with zero attached hydrogens (tertiary/aromatic N) is 2. The highest BCUT2D eigenvalue weighted by atomic mass is 16.5. The molecule has 0 aliphatic rings. The zero-order valence-corrected chi connectivity index (χ0v) is 12.3. The molecule has 0 spiro atoms. The highest BCUT2D eigenvalue weighted by Crippen LogP contribution is 2.27. The van der Waals surface area contributed by atoms with E-state index < -0.39 is 0 Å². The van der Waals surface area contributed by atoms with Crippen LogP contribution in [0, 0.1) is 5.92 Å². The average molecular weight is 251 g/mol. The summed E-state index contributed by atoms with van der Waals surface area (Å²) in [5.74, 6) is 1.52. The van der Waals surface area contributed by atoms with Crippen LogP contribution in [0.4, 0.5) is 5.82 Å². The molecule has 102 valence electrons. The van der Waals surface area contributed by atoms with Gasteiger partial charge in [0.1, 0.15) is 11.9 Å². The van der Waals surface area contributed by atoms with Gasteiger partial charge < -0.3 is 10.5 Å². The lowest BCUT2D eigenvalue weighted by Crippen LogP contribution is -2.20. The summed E-state index contributed by atoms with van der Waals surface area (Å²) in [6, 6.07) is 1.84. The van der Waals surface area contributed by atoms with Crippen molar-refractivity contribution in [3.05, 3.63) is 17.6 Å². The molecule has 4 nitrogen and oxygen atoms in total. The lowest BCUT2D eigenvalue weighted by atomic mass is 9.91. The molecule has 1 unspecified atom stereocenters. The maximum Gasteiger partial charge on any atom is 0.160 e. The molecule has 0 aromatic carbocycles. The van der Waals surface area contributed by atoms with Crippen LogP contribution in [-0.4, -0.2) is 16.6 Å². The molecule has 0 amide bonds. The Morgan fingerprint density at radius 2 is 1.89 bits per heavy atom. The second-order valence-electron chi connectivity index (χ2n) is 5.91. The summed E-state index contributed by atoms with van der Waals surface area (Å²) in [7, 11) is 0. The molecule has 0 aliphatic carbocycles. The Morgan fingerprint density at radius 3 is 2.33 bits per heavy atom. The minimum Gasteiger partial charge on any atom is -0.384 e. The van der Waals surface area contributed by atoms with E-state index in [0.29, 0.717) is 24.2 Å². The van der Waals surface area contributed by atoms with E-state index in [0.717, 1.165) is 5.69 Å². The lowest BCUT2D eigenvalue weighted by molar-refractivity contribution is 0.0230. The van der Waals surface area contributed by atoms with Crippen LogP contribution in [-0.2, 0) is 10.2 Å². The van der Waals surface area contributed by atoms with Crippen molar-refractivity contribution < 1.29 is 4.74 Å². The van der Waals surface area contributed by atoms with Crippen molar-refractivity contribution >= 4 is 5.82 Å². The number of nitrogens with two attached hydrogens (primary N) is 1. The van der Waals surface area contributed by atoms with Crippen LogP contribution >= 0.6 is 0 Å². The Kier molecular flexibility index (Phi) is 4.68. The van der Waals surface area contributed by atoms with Gasteiger partial charge in [-0.15, -0.1) is 0 Å². The molecule has 18 heavy (non-hydrogen) atoms. The van der Waals surface area contributed by atoms with Gasteiger partial charge in [0.15, 0.2) is 5.82 Å². The Balaban J connectivity index is 3.19. The standard InChI is InChI=1S/C14H25N3O/c1-7-18-12(9(2)3)13-16-10(14(4,5)6)8-11(15)17-13/h8-9,12H,7H2,1-6H3,(H2,15,16,17). The predicted molar refractivity (Wildman–Crippen MR) is 74.3 cm³/mol. The first-order valence-electron chi connectivity index (χ1n) is 6.52. The molecule has 0 radical (unpaired) electrons. The minimum atomic E-state index is -0.0976. The first kappa shape index (κ1) is 14.9. The SMILES string of the molecule is CCOC(c1nc(N)cc(C(C)(C)C)n1)C(C)C. The van der Waals surface area contributed by atoms with E-state index in [1.54, 1.807) is 0 Å². The second-order valence-corrected chi connectivity index (χ2v) is 5.91. The van der Waals surface area contributed by atoms with E-state index in [9.17, 15) is 0 Å². The fourth-order valence-corrected chi connectivity index (χ4v) is 1.74. The van der Waals surface area contributed by atoms with E-state index in [1.807, 2.05) is 13.0 Å². The zero-order chi connectivity index (χ0) is 13.9. The fraction of sp³-hybridized carbons (Fsp3) is 0.714. The number of rotatable bonds is 4. The zero-order valence-electron chi connectivity index (χ0n) is 12.3. The maximum atomic E-state index is 5.88. The normalized spacial score (nSPS) is 13.9. The van der Waals surface area contributed by atoms with Crippen LogP contribution in [0.3, 0.4) is 0 Å². The molecule has 0 fully saturated rings. The van der Waals surface area contributed by atoms with Crippen molar-refractivity contribution in [1.29, 1.82) is 0 Å². The molecule has 1 rings (SSSR count). The number of anilines is 1. The number of hydrogen-bond donors (Lipinski definition) is 1. The van der Waals surface area contributed by atoms with Gasteiger partial charge in [0.05, 0.1) is 5.69 Å². The number of ether oxygens (including phenoxy) is 1. The lowest BCUT2D eigenvalue weighted by Gasteiger charge is -2.23. The van der Waals surface area contributed by atoms with E-state index >= 15 is 0 Å². The van der Waals surface area contributed by atoms with Crippen molar-refractivity contribution in [3.63, 3.8) is 0 Å². The molecule has 4 heteroatoms. The predicted octanol–water partition coefficient (Wildman–Crippen LogP) is 3.09. The third-order valence-electron chi connectivity index (χ3n) is 2.74. The van der Waals surface area contributed by atoms with Crippen LogP contribution in [0.5, 0.6) is 0 Å². The maximum absolute atomic E-state index is 5.88. The van der Waals surface area contributed by atoms with Gasteiger partial charge in [-0.3, -0.25) is 0 Å². The van der Waals surface area contributed by atoms with Gasteiger partial charge in [0.2, 0.25) is 0 Å². The molecule has 0 aliphatic heterocycles. The Bertz CT molecular complexity index is 397. The van der Waals surface area contributed by atoms with Crippen LogP contribution in [0.2, 0.25) is 0 Å². The van der Waals surface area contributed by atoms with Crippen LogP contribution in [0.1, 0.15) is 59.2 Å². The molecule has 1 aromatic rings. The monoisotopic (exact) mass is 251 g/mol. The minimum absolute atomic E-state index is 0.0421. The topological polar surface area (TPSA) is 61.0 Å². The van der Waals surface area contributed by atoms with Crippen LogP contribution in [0.25, 0.3) is 0 Å². The number of hydrogen-bond acceptors (Lipinski definition) is 4. The van der Waals surface area contributed by atoms with E-state index in [4.69, 9.17) is 10.5 Å². The molecular weight excluding hydrogens is 226 g/mol. The molecule has 0 bridgehead atoms. The van der Waals surface area contributed by atoms with Crippen molar-refractivity contribution in [2.24, 2.45) is 5.92 Å². The van der Waals surface area contributed by atoms with E-state index in [1.165, 1.54) is 0 Å². The third-order valence-corrected chi connectivity index (χ3v) is 2.74. The van der Waals surface area contributed by atoms with Gasteiger partial charge in [-0.1, -0.05) is 34.6 Å². The summed E-state index contributed by atoms with van der Waals surface area (Å²) in [6.45, 7) is 13.2. The van der Waals surface area contributed by atoms with Crippen LogP contribution in [0.15, 0.2) is 6.07 Å². The summed E-state index contributed by atoms with van der Waals surface area (Å²) in [4.78, 5) is 8.96. The second kappa shape index (κ2) is 5.65. The van der Waals surface area contributed by atoms with Crippen LogP contribution < -0.4 is 5.73 Å². The van der Waals surface area contributed by atoms with Gasteiger partial charge >= 0.3 is 0 Å². The highest BCUT2D eigenvalue weighted by Gasteiger charge is 2.23. The average Bonchev–Trinajstić information content (AvgIpc) is 2.23.